The molecule has 1 atom stereocenters. The maximum absolute atomic E-state index is 12.6. The molecular weight excluding hydrogens is 377 g/mol. The number of carbonyl (C=O) groups excluding carboxylic acids is 1. The first-order chi connectivity index (χ1) is 11.0. The van der Waals surface area contributed by atoms with Crippen LogP contribution in [-0.2, 0) is 0 Å². The Morgan fingerprint density at radius 2 is 1.96 bits per heavy atom. The molecule has 1 aliphatic heterocycles. The van der Waals surface area contributed by atoms with E-state index in [2.05, 4.69) is 55.3 Å². The summed E-state index contributed by atoms with van der Waals surface area (Å²) in [5, 5.41) is 6.14. The highest BCUT2D eigenvalue weighted by Crippen LogP contribution is 2.26. The number of hydrogen-bond acceptors (Lipinski definition) is 4. The Hall–Kier alpha value is -1.14. The molecule has 0 aliphatic carbocycles. The monoisotopic (exact) mass is 401 g/mol. The highest BCUT2D eigenvalue weighted by molar-refractivity contribution is 7.13. The third-order valence-electron chi connectivity index (χ3n) is 4.20. The fourth-order valence-corrected chi connectivity index (χ4v) is 3.59. The smallest absolute Gasteiger partial charge is 0.273 e. The van der Waals surface area contributed by atoms with Gasteiger partial charge in [0.15, 0.2) is 0 Å². The number of rotatable bonds is 3. The summed E-state index contributed by atoms with van der Waals surface area (Å²) < 4.78 is 0. The van der Waals surface area contributed by atoms with Crippen LogP contribution in [-0.4, -0.2) is 41.5 Å². The summed E-state index contributed by atoms with van der Waals surface area (Å²) in [7, 11) is 0. The van der Waals surface area contributed by atoms with Gasteiger partial charge in [0.1, 0.15) is 10.7 Å². The molecule has 138 valence electrons. The lowest BCUT2D eigenvalue weighted by atomic mass is 10.0. The van der Waals surface area contributed by atoms with Crippen LogP contribution in [0.5, 0.6) is 0 Å². The van der Waals surface area contributed by atoms with Gasteiger partial charge in [-0.3, -0.25) is 4.79 Å². The molecule has 1 aromatic carbocycles. The number of nitrogens with zero attached hydrogens (tertiary/aromatic N) is 2. The van der Waals surface area contributed by atoms with Gasteiger partial charge in [-0.25, -0.2) is 4.98 Å². The van der Waals surface area contributed by atoms with E-state index in [9.17, 15) is 4.79 Å². The van der Waals surface area contributed by atoms with Crippen LogP contribution in [0.1, 0.15) is 42.7 Å². The summed E-state index contributed by atoms with van der Waals surface area (Å²) >= 11 is 1.54. The highest BCUT2D eigenvalue weighted by Gasteiger charge is 2.23. The van der Waals surface area contributed by atoms with Crippen LogP contribution in [0.2, 0.25) is 0 Å². The largest absolute Gasteiger partial charge is 0.334 e. The standard InChI is InChI=1S/C18H23N3OS.2ClH/c1-12(2)14-4-6-15(7-5-14)17-20-16(11-23-17)18(22)21-9-8-19-13(3)10-21;;/h4-7,11-13,19H,8-10H2,1-3H3;2*1H. The van der Waals surface area contributed by atoms with Crippen molar-refractivity contribution < 1.29 is 4.79 Å². The molecule has 1 amide bonds. The summed E-state index contributed by atoms with van der Waals surface area (Å²) in [6.07, 6.45) is 0. The molecule has 4 nitrogen and oxygen atoms in total. The van der Waals surface area contributed by atoms with E-state index in [-0.39, 0.29) is 30.7 Å². The number of halogens is 2. The Balaban J connectivity index is 0.00000156. The van der Waals surface area contributed by atoms with E-state index in [1.807, 2.05) is 10.3 Å². The van der Waals surface area contributed by atoms with Gasteiger partial charge in [0.2, 0.25) is 0 Å². The third kappa shape index (κ3) is 5.17. The number of aromatic nitrogens is 1. The van der Waals surface area contributed by atoms with Crippen molar-refractivity contribution in [2.45, 2.75) is 32.7 Å². The van der Waals surface area contributed by atoms with Crippen molar-refractivity contribution in [1.82, 2.24) is 15.2 Å². The molecule has 7 heteroatoms. The van der Waals surface area contributed by atoms with E-state index < -0.39 is 0 Å². The number of amides is 1. The summed E-state index contributed by atoms with van der Waals surface area (Å²) in [4.78, 5) is 19.0. The average Bonchev–Trinajstić information content (AvgIpc) is 3.04. The summed E-state index contributed by atoms with van der Waals surface area (Å²) in [6, 6.07) is 8.81. The molecule has 1 N–H and O–H groups in total. The fraction of sp³-hybridized carbons (Fsp3) is 0.444. The quantitative estimate of drug-likeness (QED) is 0.837. The van der Waals surface area contributed by atoms with Crippen molar-refractivity contribution in [3.05, 3.63) is 40.9 Å². The van der Waals surface area contributed by atoms with Crippen LogP contribution in [0, 0.1) is 0 Å². The molecule has 1 unspecified atom stereocenters. The van der Waals surface area contributed by atoms with E-state index in [4.69, 9.17) is 0 Å². The molecule has 1 aliphatic rings. The fourth-order valence-electron chi connectivity index (χ4n) is 2.79. The Bertz CT molecular complexity index is 688. The van der Waals surface area contributed by atoms with Crippen molar-refractivity contribution in [2.75, 3.05) is 19.6 Å². The molecule has 0 saturated carbocycles. The minimum Gasteiger partial charge on any atom is -0.334 e. The minimum absolute atomic E-state index is 0. The zero-order valence-electron chi connectivity index (χ0n) is 14.7. The second-order valence-corrected chi connectivity index (χ2v) is 7.28. The first-order valence-electron chi connectivity index (χ1n) is 8.13. The third-order valence-corrected chi connectivity index (χ3v) is 5.09. The number of carbonyl (C=O) groups is 1. The minimum atomic E-state index is 0. The second-order valence-electron chi connectivity index (χ2n) is 6.42. The molecule has 0 bridgehead atoms. The SMILES string of the molecule is CC1CN(C(=O)c2csc(-c3ccc(C(C)C)cc3)n2)CCN1.Cl.Cl. The maximum Gasteiger partial charge on any atom is 0.273 e. The van der Waals surface area contributed by atoms with Gasteiger partial charge in [-0.05, 0) is 18.4 Å². The number of thiazole rings is 1. The van der Waals surface area contributed by atoms with Crippen LogP contribution in [0.15, 0.2) is 29.6 Å². The van der Waals surface area contributed by atoms with Gasteiger partial charge >= 0.3 is 0 Å². The normalized spacial score (nSPS) is 17.0. The number of nitrogens with one attached hydrogen (secondary N) is 1. The van der Waals surface area contributed by atoms with Crippen molar-refractivity contribution in [1.29, 1.82) is 0 Å². The molecular formula is C18H25Cl2N3OS. The molecule has 1 aromatic heterocycles. The van der Waals surface area contributed by atoms with Crippen LogP contribution in [0.3, 0.4) is 0 Å². The molecule has 0 spiro atoms. The van der Waals surface area contributed by atoms with E-state index in [0.29, 0.717) is 17.7 Å². The number of hydrogen-bond donors (Lipinski definition) is 1. The van der Waals surface area contributed by atoms with Gasteiger partial charge in [0.25, 0.3) is 5.91 Å². The maximum atomic E-state index is 12.6. The highest BCUT2D eigenvalue weighted by atomic mass is 35.5. The predicted octanol–water partition coefficient (Wildman–Crippen LogP) is 4.21. The Morgan fingerprint density at radius 1 is 1.28 bits per heavy atom. The Labute approximate surface area is 165 Å². The predicted molar refractivity (Wildman–Crippen MR) is 110 cm³/mol. The van der Waals surface area contributed by atoms with Crippen LogP contribution in [0.4, 0.5) is 0 Å². The summed E-state index contributed by atoms with van der Waals surface area (Å²) in [5.41, 5.74) is 2.95. The van der Waals surface area contributed by atoms with Gasteiger partial charge in [-0.15, -0.1) is 36.2 Å². The van der Waals surface area contributed by atoms with Gasteiger partial charge in [0, 0.05) is 36.6 Å². The van der Waals surface area contributed by atoms with Crippen LogP contribution >= 0.6 is 36.2 Å². The lowest BCUT2D eigenvalue weighted by molar-refractivity contribution is 0.0704. The zero-order valence-corrected chi connectivity index (χ0v) is 17.1. The zero-order chi connectivity index (χ0) is 16.4. The van der Waals surface area contributed by atoms with Gasteiger partial charge in [-0.2, -0.15) is 0 Å². The molecule has 1 saturated heterocycles. The van der Waals surface area contributed by atoms with Crippen LogP contribution < -0.4 is 5.32 Å². The lowest BCUT2D eigenvalue weighted by Crippen LogP contribution is -2.51. The lowest BCUT2D eigenvalue weighted by Gasteiger charge is -2.31. The molecule has 2 aromatic rings. The topological polar surface area (TPSA) is 45.2 Å². The second kappa shape index (κ2) is 9.53. The summed E-state index contributed by atoms with van der Waals surface area (Å²) in [5.74, 6) is 0.562. The van der Waals surface area contributed by atoms with Crippen LogP contribution in [0.25, 0.3) is 10.6 Å². The summed E-state index contributed by atoms with van der Waals surface area (Å²) in [6.45, 7) is 8.81. The van der Waals surface area contributed by atoms with Crippen molar-refractivity contribution in [3.63, 3.8) is 0 Å². The molecule has 0 radical (unpaired) electrons. The van der Waals surface area contributed by atoms with Gasteiger partial charge < -0.3 is 10.2 Å². The van der Waals surface area contributed by atoms with Crippen molar-refractivity contribution in [3.8, 4) is 10.6 Å². The Kier molecular flexibility index (Phi) is 8.35. The van der Waals surface area contributed by atoms with E-state index in [0.717, 1.165) is 30.2 Å². The van der Waals surface area contributed by atoms with Gasteiger partial charge in [-0.1, -0.05) is 38.1 Å². The van der Waals surface area contributed by atoms with E-state index in [1.54, 1.807) is 0 Å². The molecule has 1 fully saturated rings. The molecule has 2 heterocycles. The van der Waals surface area contributed by atoms with Crippen molar-refractivity contribution in [2.24, 2.45) is 0 Å². The Morgan fingerprint density at radius 3 is 2.56 bits per heavy atom. The van der Waals surface area contributed by atoms with E-state index >= 15 is 0 Å². The first-order valence-corrected chi connectivity index (χ1v) is 9.01. The number of benzene rings is 1. The average molecular weight is 402 g/mol. The first kappa shape index (κ1) is 21.9. The molecule has 3 rings (SSSR count). The number of piperazine rings is 1. The van der Waals surface area contributed by atoms with Gasteiger partial charge in [0.05, 0.1) is 0 Å². The molecule has 25 heavy (non-hydrogen) atoms. The van der Waals surface area contributed by atoms with E-state index in [1.165, 1.54) is 16.9 Å². The van der Waals surface area contributed by atoms with Crippen molar-refractivity contribution >= 4 is 42.1 Å².